The van der Waals surface area contributed by atoms with Gasteiger partial charge in [0.1, 0.15) is 12.4 Å². The maximum absolute atomic E-state index is 13.0. The first kappa shape index (κ1) is 26.3. The van der Waals surface area contributed by atoms with Gasteiger partial charge in [-0.25, -0.2) is 9.79 Å². The van der Waals surface area contributed by atoms with E-state index < -0.39 is 5.97 Å². The molecule has 3 aromatic rings. The van der Waals surface area contributed by atoms with E-state index >= 15 is 0 Å². The van der Waals surface area contributed by atoms with E-state index in [1.807, 2.05) is 24.3 Å². The molecule has 10 heteroatoms. The van der Waals surface area contributed by atoms with E-state index in [0.29, 0.717) is 37.1 Å². The lowest BCUT2D eigenvalue weighted by molar-refractivity contribution is -0.121. The van der Waals surface area contributed by atoms with Gasteiger partial charge in [-0.3, -0.25) is 9.69 Å². The minimum absolute atomic E-state index is 0.180. The molecule has 0 aromatic heterocycles. The SMILES string of the molecule is COC(=O)c1ccc(N=C2SC(=Cc3cc(Br)ccc3OCc3ccc(Cl)c(Cl)c3)C(=O)N2C)cc1. The summed E-state index contributed by atoms with van der Waals surface area (Å²) in [6.07, 6.45) is 1.78. The van der Waals surface area contributed by atoms with Gasteiger partial charge in [0.05, 0.1) is 33.3 Å². The Morgan fingerprint density at radius 1 is 1.08 bits per heavy atom. The van der Waals surface area contributed by atoms with Crippen LogP contribution in [0.3, 0.4) is 0 Å². The van der Waals surface area contributed by atoms with Crippen LogP contribution in [0.1, 0.15) is 21.5 Å². The van der Waals surface area contributed by atoms with E-state index in [9.17, 15) is 9.59 Å². The summed E-state index contributed by atoms with van der Waals surface area (Å²) in [5, 5.41) is 1.45. The van der Waals surface area contributed by atoms with Gasteiger partial charge < -0.3 is 9.47 Å². The Kier molecular flexibility index (Phi) is 8.41. The first-order chi connectivity index (χ1) is 17.2. The topological polar surface area (TPSA) is 68.2 Å². The Balaban J connectivity index is 1.56. The zero-order chi connectivity index (χ0) is 25.8. The van der Waals surface area contributed by atoms with Crippen LogP contribution in [0.4, 0.5) is 5.69 Å². The average Bonchev–Trinajstić information content (AvgIpc) is 3.13. The number of carbonyl (C=O) groups is 2. The fourth-order valence-electron chi connectivity index (χ4n) is 3.25. The second-order valence-corrected chi connectivity index (χ2v) is 10.4. The van der Waals surface area contributed by atoms with Gasteiger partial charge in [-0.1, -0.05) is 45.2 Å². The Morgan fingerprint density at radius 2 is 1.83 bits per heavy atom. The van der Waals surface area contributed by atoms with Crippen molar-refractivity contribution >= 4 is 79.7 Å². The Hall–Kier alpha value is -2.78. The number of hydrogen-bond acceptors (Lipinski definition) is 6. The molecule has 0 unspecified atom stereocenters. The molecule has 184 valence electrons. The van der Waals surface area contributed by atoms with Gasteiger partial charge in [0, 0.05) is 17.1 Å². The summed E-state index contributed by atoms with van der Waals surface area (Å²) in [6, 6.07) is 17.6. The van der Waals surface area contributed by atoms with Crippen molar-refractivity contribution in [3.63, 3.8) is 0 Å². The Labute approximate surface area is 231 Å². The van der Waals surface area contributed by atoms with Crippen LogP contribution in [0, 0.1) is 0 Å². The number of esters is 1. The molecule has 36 heavy (non-hydrogen) atoms. The van der Waals surface area contributed by atoms with Crippen LogP contribution >= 0.6 is 50.9 Å². The van der Waals surface area contributed by atoms with Crippen molar-refractivity contribution in [1.29, 1.82) is 0 Å². The largest absolute Gasteiger partial charge is 0.488 e. The number of thioether (sulfide) groups is 1. The molecule has 0 N–H and O–H groups in total. The lowest BCUT2D eigenvalue weighted by atomic mass is 10.1. The molecule has 1 amide bonds. The Bertz CT molecular complexity index is 1390. The number of hydrogen-bond donors (Lipinski definition) is 0. The number of likely N-dealkylation sites (N-methyl/N-ethyl adjacent to an activating group) is 1. The molecule has 1 heterocycles. The first-order valence-corrected chi connectivity index (χ1v) is 12.9. The summed E-state index contributed by atoms with van der Waals surface area (Å²) in [5.41, 5.74) is 2.63. The molecule has 0 aliphatic carbocycles. The third kappa shape index (κ3) is 6.13. The number of halogens is 3. The fourth-order valence-corrected chi connectivity index (χ4v) is 4.92. The van der Waals surface area contributed by atoms with Crippen molar-refractivity contribution in [2.24, 2.45) is 4.99 Å². The van der Waals surface area contributed by atoms with Crippen molar-refractivity contribution in [3.05, 3.63) is 96.8 Å². The van der Waals surface area contributed by atoms with Gasteiger partial charge in [0.25, 0.3) is 5.91 Å². The smallest absolute Gasteiger partial charge is 0.337 e. The summed E-state index contributed by atoms with van der Waals surface area (Å²) in [4.78, 5) is 31.1. The third-order valence-electron chi connectivity index (χ3n) is 5.15. The molecule has 0 spiro atoms. The number of benzene rings is 3. The summed E-state index contributed by atoms with van der Waals surface area (Å²) >= 11 is 16.9. The summed E-state index contributed by atoms with van der Waals surface area (Å²) in [5.74, 6) is 0.00474. The number of ether oxygens (including phenoxy) is 2. The maximum atomic E-state index is 13.0. The van der Waals surface area contributed by atoms with Crippen LogP contribution < -0.4 is 4.74 Å². The number of amidine groups is 1. The first-order valence-electron chi connectivity index (χ1n) is 10.6. The van der Waals surface area contributed by atoms with Crippen LogP contribution in [0.2, 0.25) is 10.0 Å². The monoisotopic (exact) mass is 604 g/mol. The molecule has 1 fully saturated rings. The second-order valence-electron chi connectivity index (χ2n) is 7.63. The van der Waals surface area contributed by atoms with E-state index in [2.05, 4.69) is 20.9 Å². The van der Waals surface area contributed by atoms with Crippen LogP contribution in [0.15, 0.2) is 75.0 Å². The average molecular weight is 606 g/mol. The fraction of sp³-hybridized carbons (Fsp3) is 0.115. The highest BCUT2D eigenvalue weighted by Gasteiger charge is 2.30. The van der Waals surface area contributed by atoms with Gasteiger partial charge in [0.2, 0.25) is 0 Å². The molecule has 1 saturated heterocycles. The number of aliphatic imine (C=N–C) groups is 1. The van der Waals surface area contributed by atoms with Gasteiger partial charge in [0.15, 0.2) is 5.17 Å². The van der Waals surface area contributed by atoms with Crippen molar-refractivity contribution < 1.29 is 19.1 Å². The maximum Gasteiger partial charge on any atom is 0.337 e. The molecular formula is C26H19BrCl2N2O4S. The molecule has 6 nitrogen and oxygen atoms in total. The predicted molar refractivity (Wildman–Crippen MR) is 148 cm³/mol. The normalized spacial score (nSPS) is 15.6. The quantitative estimate of drug-likeness (QED) is 0.217. The summed E-state index contributed by atoms with van der Waals surface area (Å²) in [6.45, 7) is 0.282. The second kappa shape index (κ2) is 11.5. The molecule has 0 atom stereocenters. The minimum atomic E-state index is -0.423. The number of amides is 1. The van der Waals surface area contributed by atoms with E-state index in [4.69, 9.17) is 32.7 Å². The van der Waals surface area contributed by atoms with Crippen LogP contribution in [0.25, 0.3) is 6.08 Å². The number of methoxy groups -OCH3 is 1. The molecular weight excluding hydrogens is 587 g/mol. The number of nitrogens with zero attached hydrogens (tertiary/aromatic N) is 2. The van der Waals surface area contributed by atoms with Crippen molar-refractivity contribution in [1.82, 2.24) is 4.90 Å². The van der Waals surface area contributed by atoms with Crippen LogP contribution in [-0.2, 0) is 16.1 Å². The standard InChI is InChI=1S/C26H19BrCl2N2O4S/c1-31-24(32)23(36-26(31)30-19-7-4-16(5-8-19)25(33)34-2)13-17-12-18(27)6-10-22(17)35-14-15-3-9-20(28)21(29)11-15/h3-13H,14H2,1-2H3. The minimum Gasteiger partial charge on any atom is -0.488 e. The molecule has 1 aliphatic heterocycles. The summed E-state index contributed by atoms with van der Waals surface area (Å²) < 4.78 is 11.6. The zero-order valence-electron chi connectivity index (χ0n) is 19.1. The highest BCUT2D eigenvalue weighted by atomic mass is 79.9. The van der Waals surface area contributed by atoms with E-state index in [0.717, 1.165) is 15.6 Å². The molecule has 0 saturated carbocycles. The van der Waals surface area contributed by atoms with Crippen LogP contribution in [0.5, 0.6) is 5.75 Å². The zero-order valence-corrected chi connectivity index (χ0v) is 23.0. The van der Waals surface area contributed by atoms with Gasteiger partial charge in [-0.15, -0.1) is 0 Å². The lowest BCUT2D eigenvalue weighted by Crippen LogP contribution is -2.23. The molecule has 3 aromatic carbocycles. The number of rotatable bonds is 6. The Morgan fingerprint density at radius 3 is 2.53 bits per heavy atom. The molecule has 0 radical (unpaired) electrons. The highest BCUT2D eigenvalue weighted by molar-refractivity contribution is 9.10. The molecule has 1 aliphatic rings. The van der Waals surface area contributed by atoms with Gasteiger partial charge in [-0.05, 0) is 78.0 Å². The third-order valence-corrected chi connectivity index (χ3v) is 7.45. The predicted octanol–water partition coefficient (Wildman–Crippen LogP) is 7.36. The van der Waals surface area contributed by atoms with E-state index in [1.165, 1.54) is 23.8 Å². The highest BCUT2D eigenvalue weighted by Crippen LogP contribution is 2.36. The molecule has 4 rings (SSSR count). The lowest BCUT2D eigenvalue weighted by Gasteiger charge is -2.11. The molecule has 0 bridgehead atoms. The van der Waals surface area contributed by atoms with Gasteiger partial charge >= 0.3 is 5.97 Å². The van der Waals surface area contributed by atoms with Crippen molar-refractivity contribution in [2.45, 2.75) is 6.61 Å². The van der Waals surface area contributed by atoms with Crippen molar-refractivity contribution in [3.8, 4) is 5.75 Å². The van der Waals surface area contributed by atoms with Crippen LogP contribution in [-0.4, -0.2) is 36.1 Å². The van der Waals surface area contributed by atoms with Gasteiger partial charge in [-0.2, -0.15) is 0 Å². The summed E-state index contributed by atoms with van der Waals surface area (Å²) in [7, 11) is 3.00. The van der Waals surface area contributed by atoms with E-state index in [1.54, 1.807) is 49.5 Å². The van der Waals surface area contributed by atoms with E-state index in [-0.39, 0.29) is 12.5 Å². The number of carbonyl (C=O) groups excluding carboxylic acids is 2. The van der Waals surface area contributed by atoms with Crippen molar-refractivity contribution in [2.75, 3.05) is 14.2 Å².